The van der Waals surface area contributed by atoms with Gasteiger partial charge in [-0.1, -0.05) is 12.1 Å². The molecule has 0 spiro atoms. The first-order valence-electron chi connectivity index (χ1n) is 10.9. The number of hydrogen-bond acceptors (Lipinski definition) is 5. The van der Waals surface area contributed by atoms with Crippen molar-refractivity contribution in [3.8, 4) is 5.75 Å². The van der Waals surface area contributed by atoms with Crippen LogP contribution in [0.2, 0.25) is 0 Å². The number of carbonyl (C=O) groups is 1. The van der Waals surface area contributed by atoms with E-state index < -0.39 is 0 Å². The molecular weight excluding hydrogens is 407 g/mol. The Morgan fingerprint density at radius 1 is 1.16 bits per heavy atom. The maximum absolute atomic E-state index is 13.2. The van der Waals surface area contributed by atoms with Crippen molar-refractivity contribution in [3.63, 3.8) is 0 Å². The minimum Gasteiger partial charge on any atom is -0.492 e. The summed E-state index contributed by atoms with van der Waals surface area (Å²) < 4.78 is 18.6. The largest absolute Gasteiger partial charge is 0.492 e. The predicted molar refractivity (Wildman–Crippen MR) is 120 cm³/mol. The Bertz CT molecular complexity index is 1010. The SMILES string of the molecule is O=C(NCCOc1cccc(F)c1)c1ccc(C2CCCN(Cc3ccccn3)C2)nc1. The number of benzene rings is 1. The predicted octanol–water partition coefficient (Wildman–Crippen LogP) is 3.80. The third-order valence-electron chi connectivity index (χ3n) is 5.54. The highest BCUT2D eigenvalue weighted by molar-refractivity contribution is 5.93. The number of likely N-dealkylation sites (tertiary alicyclic amines) is 1. The summed E-state index contributed by atoms with van der Waals surface area (Å²) in [5.74, 6) is 0.238. The van der Waals surface area contributed by atoms with Gasteiger partial charge in [-0.15, -0.1) is 0 Å². The highest BCUT2D eigenvalue weighted by Gasteiger charge is 2.23. The molecule has 7 heteroatoms. The lowest BCUT2D eigenvalue weighted by Crippen LogP contribution is -2.34. The normalized spacial score (nSPS) is 16.5. The maximum Gasteiger partial charge on any atom is 0.252 e. The third-order valence-corrected chi connectivity index (χ3v) is 5.54. The third kappa shape index (κ3) is 6.11. The summed E-state index contributed by atoms with van der Waals surface area (Å²) in [4.78, 5) is 23.8. The number of pyridine rings is 2. The summed E-state index contributed by atoms with van der Waals surface area (Å²) in [5.41, 5.74) is 2.61. The lowest BCUT2D eigenvalue weighted by atomic mass is 9.94. The van der Waals surface area contributed by atoms with Crippen LogP contribution in [-0.2, 0) is 6.54 Å². The van der Waals surface area contributed by atoms with Crippen LogP contribution >= 0.6 is 0 Å². The fourth-order valence-corrected chi connectivity index (χ4v) is 3.93. The van der Waals surface area contributed by atoms with E-state index in [1.54, 1.807) is 18.3 Å². The molecule has 1 saturated heterocycles. The summed E-state index contributed by atoms with van der Waals surface area (Å²) in [6.45, 7) is 3.42. The van der Waals surface area contributed by atoms with Crippen LogP contribution < -0.4 is 10.1 Å². The lowest BCUT2D eigenvalue weighted by molar-refractivity contribution is 0.0946. The van der Waals surface area contributed by atoms with Crippen molar-refractivity contribution in [3.05, 3.63) is 89.8 Å². The van der Waals surface area contributed by atoms with Crippen LogP contribution in [0.4, 0.5) is 4.39 Å². The Balaban J connectivity index is 1.25. The molecule has 4 rings (SSSR count). The number of ether oxygens (including phenoxy) is 1. The van der Waals surface area contributed by atoms with Crippen molar-refractivity contribution in [2.75, 3.05) is 26.2 Å². The first-order valence-corrected chi connectivity index (χ1v) is 10.9. The number of rotatable bonds is 8. The second-order valence-electron chi connectivity index (χ2n) is 7.93. The zero-order valence-electron chi connectivity index (χ0n) is 17.9. The van der Waals surface area contributed by atoms with Gasteiger partial charge in [0, 0.05) is 43.2 Å². The summed E-state index contributed by atoms with van der Waals surface area (Å²) in [7, 11) is 0. The summed E-state index contributed by atoms with van der Waals surface area (Å²) in [6, 6.07) is 15.7. The highest BCUT2D eigenvalue weighted by atomic mass is 19.1. The molecule has 1 aliphatic rings. The quantitative estimate of drug-likeness (QED) is 0.546. The zero-order chi connectivity index (χ0) is 22.2. The van der Waals surface area contributed by atoms with Crippen molar-refractivity contribution >= 4 is 5.91 Å². The number of aromatic nitrogens is 2. The molecule has 3 aromatic rings. The van der Waals surface area contributed by atoms with E-state index in [4.69, 9.17) is 4.74 Å². The molecule has 0 aliphatic carbocycles. The van der Waals surface area contributed by atoms with Crippen LogP contribution in [0.15, 0.2) is 67.0 Å². The summed E-state index contributed by atoms with van der Waals surface area (Å²) in [6.07, 6.45) is 5.67. The maximum atomic E-state index is 13.2. The molecule has 0 saturated carbocycles. The van der Waals surface area contributed by atoms with E-state index in [9.17, 15) is 9.18 Å². The molecule has 1 amide bonds. The number of nitrogens with zero attached hydrogens (tertiary/aromatic N) is 3. The highest BCUT2D eigenvalue weighted by Crippen LogP contribution is 2.26. The average molecular weight is 435 g/mol. The minimum absolute atomic E-state index is 0.202. The Kier molecular flexibility index (Phi) is 7.40. The smallest absolute Gasteiger partial charge is 0.252 e. The van der Waals surface area contributed by atoms with Crippen LogP contribution in [0.5, 0.6) is 5.75 Å². The van der Waals surface area contributed by atoms with Gasteiger partial charge in [-0.3, -0.25) is 19.7 Å². The Labute approximate surface area is 187 Å². The van der Waals surface area contributed by atoms with Crippen molar-refractivity contribution < 1.29 is 13.9 Å². The van der Waals surface area contributed by atoms with Gasteiger partial charge < -0.3 is 10.1 Å². The van der Waals surface area contributed by atoms with E-state index >= 15 is 0 Å². The molecule has 1 N–H and O–H groups in total. The fourth-order valence-electron chi connectivity index (χ4n) is 3.93. The van der Waals surface area contributed by atoms with E-state index in [2.05, 4.69) is 26.3 Å². The molecule has 0 radical (unpaired) electrons. The molecule has 6 nitrogen and oxygen atoms in total. The van der Waals surface area contributed by atoms with Crippen molar-refractivity contribution in [1.82, 2.24) is 20.2 Å². The van der Waals surface area contributed by atoms with Gasteiger partial charge in [0.2, 0.25) is 0 Å². The molecule has 32 heavy (non-hydrogen) atoms. The number of carbonyl (C=O) groups excluding carboxylic acids is 1. The monoisotopic (exact) mass is 434 g/mol. The van der Waals surface area contributed by atoms with Crippen molar-refractivity contribution in [2.24, 2.45) is 0 Å². The summed E-state index contributed by atoms with van der Waals surface area (Å²) in [5, 5.41) is 2.80. The average Bonchev–Trinajstić information content (AvgIpc) is 2.83. The number of nitrogens with one attached hydrogen (secondary N) is 1. The fraction of sp³-hybridized carbons (Fsp3) is 0.320. The molecule has 166 valence electrons. The Morgan fingerprint density at radius 2 is 2.09 bits per heavy atom. The molecule has 1 aromatic carbocycles. The van der Waals surface area contributed by atoms with Crippen LogP contribution in [0.1, 0.15) is 40.5 Å². The second-order valence-corrected chi connectivity index (χ2v) is 7.93. The van der Waals surface area contributed by atoms with E-state index in [1.807, 2.05) is 30.5 Å². The van der Waals surface area contributed by atoms with Gasteiger partial charge in [0.1, 0.15) is 18.2 Å². The van der Waals surface area contributed by atoms with Crippen LogP contribution in [0.3, 0.4) is 0 Å². The van der Waals surface area contributed by atoms with Crippen LogP contribution in [-0.4, -0.2) is 47.0 Å². The number of halogens is 1. The standard InChI is InChI=1S/C25H27FN4O2/c26-21-6-3-8-23(15-21)32-14-12-28-25(31)19-9-10-24(29-16-19)20-5-4-13-30(17-20)18-22-7-1-2-11-27-22/h1-3,6-11,15-16,20H,4-5,12-14,17-18H2,(H,28,31). The van der Waals surface area contributed by atoms with Gasteiger partial charge in [-0.2, -0.15) is 0 Å². The number of piperidine rings is 1. The Hall–Kier alpha value is -3.32. The lowest BCUT2D eigenvalue weighted by Gasteiger charge is -2.32. The van der Waals surface area contributed by atoms with E-state index in [0.29, 0.717) is 23.8 Å². The first-order chi connectivity index (χ1) is 15.7. The van der Waals surface area contributed by atoms with Crippen LogP contribution in [0.25, 0.3) is 0 Å². The Morgan fingerprint density at radius 3 is 2.88 bits per heavy atom. The molecule has 0 bridgehead atoms. The summed E-state index contributed by atoms with van der Waals surface area (Å²) >= 11 is 0. The van der Waals surface area contributed by atoms with Gasteiger partial charge in [-0.05, 0) is 55.8 Å². The molecule has 2 aromatic heterocycles. The van der Waals surface area contributed by atoms with E-state index in [0.717, 1.165) is 43.9 Å². The van der Waals surface area contributed by atoms with Gasteiger partial charge in [0.15, 0.2) is 0 Å². The number of amides is 1. The van der Waals surface area contributed by atoms with Gasteiger partial charge in [0.25, 0.3) is 5.91 Å². The topological polar surface area (TPSA) is 67.3 Å². The minimum atomic E-state index is -0.351. The molecule has 1 atom stereocenters. The molecule has 3 heterocycles. The zero-order valence-corrected chi connectivity index (χ0v) is 17.9. The number of hydrogen-bond donors (Lipinski definition) is 1. The molecule has 1 unspecified atom stereocenters. The molecular formula is C25H27FN4O2. The second kappa shape index (κ2) is 10.8. The van der Waals surface area contributed by atoms with Gasteiger partial charge >= 0.3 is 0 Å². The van der Waals surface area contributed by atoms with Gasteiger partial charge in [-0.25, -0.2) is 4.39 Å². The van der Waals surface area contributed by atoms with Crippen molar-refractivity contribution in [2.45, 2.75) is 25.3 Å². The molecule has 1 aliphatic heterocycles. The first kappa shape index (κ1) is 21.9. The van der Waals surface area contributed by atoms with E-state index in [-0.39, 0.29) is 18.3 Å². The van der Waals surface area contributed by atoms with Crippen LogP contribution in [0, 0.1) is 5.82 Å². The van der Waals surface area contributed by atoms with E-state index in [1.165, 1.54) is 12.1 Å². The van der Waals surface area contributed by atoms with Gasteiger partial charge in [0.05, 0.1) is 17.8 Å². The molecule has 1 fully saturated rings. The van der Waals surface area contributed by atoms with Crippen molar-refractivity contribution in [1.29, 1.82) is 0 Å².